The van der Waals surface area contributed by atoms with Crippen LogP contribution in [-0.4, -0.2) is 23.0 Å². The number of hydrogen-bond donors (Lipinski definition) is 2. The second-order valence-corrected chi connectivity index (χ2v) is 6.13. The van der Waals surface area contributed by atoms with E-state index in [1.54, 1.807) is 29.7 Å². The smallest absolute Gasteiger partial charge is 0.191 e. The molecule has 116 valence electrons. The Morgan fingerprint density at radius 3 is 2.43 bits per heavy atom. The Bertz CT molecular complexity index is 579. The molecule has 2 aromatic heterocycles. The Kier molecular flexibility index (Phi) is 8.12. The molecule has 2 aromatic rings. The maximum Gasteiger partial charge on any atom is 0.191 e. The summed E-state index contributed by atoms with van der Waals surface area (Å²) >= 11 is 3.36. The number of aryl methyl sites for hydroxylation is 2. The van der Waals surface area contributed by atoms with Gasteiger partial charge in [-0.1, -0.05) is 6.92 Å². The molecule has 0 bridgehead atoms. The van der Waals surface area contributed by atoms with Gasteiger partial charge in [0.15, 0.2) is 5.96 Å². The minimum Gasteiger partial charge on any atom is -0.351 e. The first kappa shape index (κ1) is 18.3. The molecule has 0 fully saturated rings. The predicted octanol–water partition coefficient (Wildman–Crippen LogP) is 2.95. The molecule has 0 saturated heterocycles. The lowest BCUT2D eigenvalue weighted by molar-refractivity contribution is 0.791. The minimum absolute atomic E-state index is 0. The van der Waals surface area contributed by atoms with Crippen LogP contribution < -0.4 is 10.6 Å². The van der Waals surface area contributed by atoms with E-state index in [4.69, 9.17) is 0 Å². The monoisotopic (exact) mass is 437 g/mol. The highest BCUT2D eigenvalue weighted by Crippen LogP contribution is 2.10. The van der Waals surface area contributed by atoms with Crippen LogP contribution in [0.15, 0.2) is 15.8 Å². The molecule has 5 nitrogen and oxygen atoms in total. The highest BCUT2D eigenvalue weighted by atomic mass is 127. The SMILES string of the molecule is CCc1nc(CNC(=NC)NCc2nc(C)cs2)cs1.I. The molecule has 2 rings (SSSR count). The Hall–Kier alpha value is -0.740. The number of thiazole rings is 2. The van der Waals surface area contributed by atoms with Crippen molar-refractivity contribution < 1.29 is 0 Å². The fourth-order valence-corrected chi connectivity index (χ4v) is 3.09. The van der Waals surface area contributed by atoms with E-state index in [1.165, 1.54) is 5.01 Å². The fraction of sp³-hybridized carbons (Fsp3) is 0.462. The summed E-state index contributed by atoms with van der Waals surface area (Å²) in [6, 6.07) is 0. The van der Waals surface area contributed by atoms with Gasteiger partial charge in [-0.3, -0.25) is 4.99 Å². The van der Waals surface area contributed by atoms with Gasteiger partial charge in [0.25, 0.3) is 0 Å². The number of nitrogens with one attached hydrogen (secondary N) is 2. The highest BCUT2D eigenvalue weighted by Gasteiger charge is 2.04. The van der Waals surface area contributed by atoms with Gasteiger partial charge in [0, 0.05) is 23.5 Å². The third-order valence-corrected chi connectivity index (χ3v) is 4.64. The summed E-state index contributed by atoms with van der Waals surface area (Å²) in [6.07, 6.45) is 0.987. The van der Waals surface area contributed by atoms with Gasteiger partial charge < -0.3 is 10.6 Å². The van der Waals surface area contributed by atoms with Crippen molar-refractivity contribution in [2.45, 2.75) is 33.4 Å². The molecular formula is C13H20IN5S2. The Morgan fingerprint density at radius 2 is 1.86 bits per heavy atom. The molecule has 0 amide bonds. The predicted molar refractivity (Wildman–Crippen MR) is 101 cm³/mol. The number of aromatic nitrogens is 2. The van der Waals surface area contributed by atoms with Crippen LogP contribution in [0.25, 0.3) is 0 Å². The molecular weight excluding hydrogens is 417 g/mol. The molecule has 0 saturated carbocycles. The van der Waals surface area contributed by atoms with Gasteiger partial charge >= 0.3 is 0 Å². The van der Waals surface area contributed by atoms with Crippen LogP contribution in [-0.2, 0) is 19.5 Å². The first-order valence-corrected chi connectivity index (χ1v) is 8.26. The highest BCUT2D eigenvalue weighted by molar-refractivity contribution is 14.0. The molecule has 0 atom stereocenters. The third kappa shape index (κ3) is 5.87. The van der Waals surface area contributed by atoms with Crippen LogP contribution in [0, 0.1) is 6.92 Å². The van der Waals surface area contributed by atoms with Crippen molar-refractivity contribution in [3.05, 3.63) is 32.2 Å². The lowest BCUT2D eigenvalue weighted by Crippen LogP contribution is -2.36. The zero-order valence-electron chi connectivity index (χ0n) is 12.3. The van der Waals surface area contributed by atoms with Crippen molar-refractivity contribution in [1.29, 1.82) is 0 Å². The summed E-state index contributed by atoms with van der Waals surface area (Å²) in [4.78, 5) is 13.1. The number of rotatable bonds is 5. The van der Waals surface area contributed by atoms with Crippen molar-refractivity contribution in [3.8, 4) is 0 Å². The van der Waals surface area contributed by atoms with E-state index in [0.717, 1.165) is 28.8 Å². The van der Waals surface area contributed by atoms with E-state index < -0.39 is 0 Å². The van der Waals surface area contributed by atoms with Crippen molar-refractivity contribution >= 4 is 52.6 Å². The van der Waals surface area contributed by atoms with Gasteiger partial charge in [0.1, 0.15) is 5.01 Å². The van der Waals surface area contributed by atoms with Crippen LogP contribution in [0.3, 0.4) is 0 Å². The van der Waals surface area contributed by atoms with E-state index in [2.05, 4.69) is 43.3 Å². The second-order valence-electron chi connectivity index (χ2n) is 4.25. The first-order chi connectivity index (χ1) is 9.71. The van der Waals surface area contributed by atoms with Gasteiger partial charge in [-0.15, -0.1) is 46.7 Å². The average Bonchev–Trinajstić information content (AvgIpc) is 3.08. The van der Waals surface area contributed by atoms with Crippen LogP contribution in [0.5, 0.6) is 0 Å². The van der Waals surface area contributed by atoms with Crippen molar-refractivity contribution in [1.82, 2.24) is 20.6 Å². The van der Waals surface area contributed by atoms with E-state index in [1.807, 2.05) is 6.92 Å². The molecule has 21 heavy (non-hydrogen) atoms. The third-order valence-electron chi connectivity index (χ3n) is 2.64. The molecule has 0 aromatic carbocycles. The maximum absolute atomic E-state index is 4.52. The summed E-state index contributed by atoms with van der Waals surface area (Å²) in [5, 5.41) is 12.9. The van der Waals surface area contributed by atoms with Gasteiger partial charge in [-0.2, -0.15) is 0 Å². The quantitative estimate of drug-likeness (QED) is 0.429. The van der Waals surface area contributed by atoms with Crippen molar-refractivity contribution in [2.75, 3.05) is 7.05 Å². The van der Waals surface area contributed by atoms with E-state index in [9.17, 15) is 0 Å². The summed E-state index contributed by atoms with van der Waals surface area (Å²) in [5.74, 6) is 0.768. The van der Waals surface area contributed by atoms with Gasteiger partial charge in [0.05, 0.1) is 23.8 Å². The second kappa shape index (κ2) is 9.31. The minimum atomic E-state index is 0. The molecule has 8 heteroatoms. The maximum atomic E-state index is 4.52. The molecule has 0 aliphatic carbocycles. The zero-order valence-corrected chi connectivity index (χ0v) is 16.3. The summed E-state index contributed by atoms with van der Waals surface area (Å²) in [7, 11) is 1.76. The van der Waals surface area contributed by atoms with E-state index in [-0.39, 0.29) is 24.0 Å². The standard InChI is InChI=1S/C13H19N5S2.HI/c1-4-11-18-10(8-20-11)5-15-13(14-3)16-6-12-17-9(2)7-19-12;/h7-8H,4-6H2,1-3H3,(H2,14,15,16);1H. The Balaban J connectivity index is 0.00000220. The molecule has 0 aliphatic heterocycles. The molecule has 0 spiro atoms. The van der Waals surface area contributed by atoms with Gasteiger partial charge in [0.2, 0.25) is 0 Å². The lowest BCUT2D eigenvalue weighted by atomic mass is 10.4. The Morgan fingerprint density at radius 1 is 1.14 bits per heavy atom. The number of nitrogens with zero attached hydrogens (tertiary/aromatic N) is 3. The van der Waals surface area contributed by atoms with Gasteiger partial charge in [-0.25, -0.2) is 9.97 Å². The van der Waals surface area contributed by atoms with Crippen LogP contribution in [0.4, 0.5) is 0 Å². The van der Waals surface area contributed by atoms with Crippen LogP contribution in [0.2, 0.25) is 0 Å². The number of hydrogen-bond acceptors (Lipinski definition) is 5. The number of halogens is 1. The van der Waals surface area contributed by atoms with Crippen LogP contribution in [0.1, 0.15) is 28.3 Å². The largest absolute Gasteiger partial charge is 0.351 e. The zero-order chi connectivity index (χ0) is 14.4. The first-order valence-electron chi connectivity index (χ1n) is 6.50. The number of guanidine groups is 1. The molecule has 2 heterocycles. The van der Waals surface area contributed by atoms with Crippen LogP contribution >= 0.6 is 46.7 Å². The normalized spacial score (nSPS) is 11.1. The van der Waals surface area contributed by atoms with Crippen molar-refractivity contribution in [3.63, 3.8) is 0 Å². The average molecular weight is 437 g/mol. The lowest BCUT2D eigenvalue weighted by Gasteiger charge is -2.09. The number of aliphatic imine (C=N–C) groups is 1. The molecule has 0 radical (unpaired) electrons. The molecule has 0 aliphatic rings. The van der Waals surface area contributed by atoms with Gasteiger partial charge in [-0.05, 0) is 13.3 Å². The topological polar surface area (TPSA) is 62.2 Å². The molecule has 2 N–H and O–H groups in total. The van der Waals surface area contributed by atoms with E-state index in [0.29, 0.717) is 13.1 Å². The Labute approximate surface area is 150 Å². The summed E-state index contributed by atoms with van der Waals surface area (Å²) in [5.41, 5.74) is 2.12. The van der Waals surface area contributed by atoms with Crippen molar-refractivity contribution in [2.24, 2.45) is 4.99 Å². The fourth-order valence-electron chi connectivity index (χ4n) is 1.63. The summed E-state index contributed by atoms with van der Waals surface area (Å²) < 4.78 is 0. The molecule has 0 unspecified atom stereocenters. The van der Waals surface area contributed by atoms with E-state index >= 15 is 0 Å². The summed E-state index contributed by atoms with van der Waals surface area (Å²) in [6.45, 7) is 5.50.